The maximum atomic E-state index is 12.6. The molecule has 0 saturated heterocycles. The van der Waals surface area contributed by atoms with E-state index in [1.807, 2.05) is 37.3 Å². The fraction of sp³-hybridized carbons (Fsp3) is 0.333. The predicted octanol–water partition coefficient (Wildman–Crippen LogP) is 4.06. The fourth-order valence-corrected chi connectivity index (χ4v) is 2.58. The van der Waals surface area contributed by atoms with Crippen LogP contribution in [0.15, 0.2) is 54.6 Å². The zero-order valence-corrected chi connectivity index (χ0v) is 13.0. The molecule has 1 unspecified atom stereocenters. The van der Waals surface area contributed by atoms with Gasteiger partial charge < -0.3 is 15.2 Å². The summed E-state index contributed by atoms with van der Waals surface area (Å²) in [6.45, 7) is -0.995. The van der Waals surface area contributed by atoms with Crippen LogP contribution in [-0.2, 0) is 0 Å². The minimum atomic E-state index is -2.86. The number of hydrogen-bond acceptors (Lipinski definition) is 3. The molecule has 2 rings (SSSR count). The van der Waals surface area contributed by atoms with E-state index in [4.69, 9.17) is 0 Å². The molecule has 0 radical (unpaired) electrons. The topological polar surface area (TPSA) is 41.5 Å². The molecule has 0 aromatic heterocycles. The second kappa shape index (κ2) is 8.60. The molecule has 124 valence electrons. The first kappa shape index (κ1) is 17.4. The van der Waals surface area contributed by atoms with Crippen molar-refractivity contribution >= 4 is 0 Å². The van der Waals surface area contributed by atoms with Crippen molar-refractivity contribution in [2.45, 2.75) is 32.0 Å². The van der Waals surface area contributed by atoms with Gasteiger partial charge in [-0.1, -0.05) is 55.5 Å². The lowest BCUT2D eigenvalue weighted by atomic mass is 10.00. The zero-order valence-electron chi connectivity index (χ0n) is 13.0. The summed E-state index contributed by atoms with van der Waals surface area (Å²) in [6.07, 6.45) is 0.674. The lowest BCUT2D eigenvalue weighted by Gasteiger charge is -2.26. The Bertz CT molecular complexity index is 593. The van der Waals surface area contributed by atoms with Gasteiger partial charge in [0.1, 0.15) is 5.75 Å². The molecule has 0 saturated carbocycles. The summed E-state index contributed by atoms with van der Waals surface area (Å²) in [4.78, 5) is 0. The van der Waals surface area contributed by atoms with Crippen molar-refractivity contribution in [2.24, 2.45) is 0 Å². The van der Waals surface area contributed by atoms with Gasteiger partial charge in [0, 0.05) is 11.6 Å². The second-order valence-corrected chi connectivity index (χ2v) is 5.19. The molecule has 3 nitrogen and oxygen atoms in total. The van der Waals surface area contributed by atoms with Gasteiger partial charge in [-0.3, -0.25) is 0 Å². The fourth-order valence-electron chi connectivity index (χ4n) is 2.58. The van der Waals surface area contributed by atoms with E-state index in [1.165, 1.54) is 6.07 Å². The number of hydrogen-bond donors (Lipinski definition) is 2. The van der Waals surface area contributed by atoms with E-state index in [9.17, 15) is 13.9 Å². The first-order valence-corrected chi connectivity index (χ1v) is 7.61. The van der Waals surface area contributed by atoms with Gasteiger partial charge in [0.05, 0.1) is 12.6 Å². The first-order valence-electron chi connectivity index (χ1n) is 7.61. The molecule has 0 aliphatic carbocycles. The molecule has 23 heavy (non-hydrogen) atoms. The summed E-state index contributed by atoms with van der Waals surface area (Å²) < 4.78 is 29.8. The maximum Gasteiger partial charge on any atom is 0.387 e. The normalized spacial score (nSPS) is 13.8. The average Bonchev–Trinajstić information content (AvgIpc) is 2.57. The van der Waals surface area contributed by atoms with Crippen molar-refractivity contribution in [1.82, 2.24) is 5.32 Å². The van der Waals surface area contributed by atoms with Crippen LogP contribution >= 0.6 is 0 Å². The Morgan fingerprint density at radius 2 is 1.65 bits per heavy atom. The Balaban J connectivity index is 2.22. The minimum absolute atomic E-state index is 0.0849. The third kappa shape index (κ3) is 4.74. The molecule has 0 fully saturated rings. The van der Waals surface area contributed by atoms with Crippen molar-refractivity contribution in [1.29, 1.82) is 0 Å². The van der Waals surface area contributed by atoms with E-state index in [1.54, 1.807) is 18.2 Å². The van der Waals surface area contributed by atoms with Gasteiger partial charge in [0.2, 0.25) is 0 Å². The Hall–Kier alpha value is -1.98. The van der Waals surface area contributed by atoms with Crippen LogP contribution < -0.4 is 10.1 Å². The van der Waals surface area contributed by atoms with Gasteiger partial charge in [0.25, 0.3) is 0 Å². The molecule has 2 N–H and O–H groups in total. The molecule has 0 spiro atoms. The molecule has 0 heterocycles. The molecule has 0 bridgehead atoms. The summed E-state index contributed by atoms with van der Waals surface area (Å²) in [5, 5.41) is 13.0. The minimum Gasteiger partial charge on any atom is -0.434 e. The summed E-state index contributed by atoms with van der Waals surface area (Å²) in [7, 11) is 0. The zero-order chi connectivity index (χ0) is 16.7. The second-order valence-electron chi connectivity index (χ2n) is 5.19. The van der Waals surface area contributed by atoms with Crippen molar-refractivity contribution in [3.8, 4) is 5.75 Å². The van der Waals surface area contributed by atoms with Gasteiger partial charge in [-0.2, -0.15) is 8.78 Å². The lowest BCUT2D eigenvalue weighted by Crippen LogP contribution is -2.29. The molecule has 2 atom stereocenters. The van der Waals surface area contributed by atoms with Crippen LogP contribution in [0.4, 0.5) is 8.78 Å². The number of halogens is 2. The van der Waals surface area contributed by atoms with E-state index < -0.39 is 6.61 Å². The molecular weight excluding hydrogens is 300 g/mol. The van der Waals surface area contributed by atoms with Gasteiger partial charge in [0.15, 0.2) is 0 Å². The van der Waals surface area contributed by atoms with Crippen LogP contribution in [0.3, 0.4) is 0 Å². The summed E-state index contributed by atoms with van der Waals surface area (Å²) >= 11 is 0. The Morgan fingerprint density at radius 1 is 1.00 bits per heavy atom. The van der Waals surface area contributed by atoms with Crippen LogP contribution in [0.25, 0.3) is 0 Å². The third-order valence-corrected chi connectivity index (χ3v) is 3.71. The molecule has 0 aliphatic heterocycles. The van der Waals surface area contributed by atoms with Gasteiger partial charge in [-0.25, -0.2) is 0 Å². The van der Waals surface area contributed by atoms with E-state index >= 15 is 0 Å². The van der Waals surface area contributed by atoms with E-state index in [0.717, 1.165) is 5.56 Å². The van der Waals surface area contributed by atoms with Crippen LogP contribution in [0.2, 0.25) is 0 Å². The van der Waals surface area contributed by atoms with E-state index in [0.29, 0.717) is 12.0 Å². The van der Waals surface area contributed by atoms with Gasteiger partial charge in [-0.05, 0) is 18.1 Å². The quantitative estimate of drug-likeness (QED) is 0.770. The van der Waals surface area contributed by atoms with Gasteiger partial charge >= 0.3 is 6.61 Å². The molecule has 0 amide bonds. The number of rotatable bonds is 8. The van der Waals surface area contributed by atoms with E-state index in [-0.39, 0.29) is 24.4 Å². The SMILES string of the molecule is CCC(N[C@H](CO)c1ccccc1)c1ccccc1OC(F)F. The highest BCUT2D eigenvalue weighted by atomic mass is 19.3. The number of para-hydroxylation sites is 1. The lowest BCUT2D eigenvalue weighted by molar-refractivity contribution is -0.0507. The standard InChI is InChI=1S/C18H21F2NO2/c1-2-15(14-10-6-7-11-17(14)23-18(19)20)21-16(12-22)13-8-4-3-5-9-13/h3-11,15-16,18,21-22H,2,12H2,1H3/t15?,16-/m1/s1. The van der Waals surface area contributed by atoms with E-state index in [2.05, 4.69) is 10.1 Å². The molecule has 2 aromatic carbocycles. The summed E-state index contributed by atoms with van der Waals surface area (Å²) in [5.74, 6) is 0.159. The third-order valence-electron chi connectivity index (χ3n) is 3.71. The smallest absolute Gasteiger partial charge is 0.387 e. The monoisotopic (exact) mass is 321 g/mol. The van der Waals surface area contributed by atoms with Crippen molar-refractivity contribution in [3.63, 3.8) is 0 Å². The maximum absolute atomic E-state index is 12.6. The Kier molecular flexibility index (Phi) is 6.50. The Morgan fingerprint density at radius 3 is 2.26 bits per heavy atom. The molecule has 2 aromatic rings. The predicted molar refractivity (Wildman–Crippen MR) is 85.5 cm³/mol. The number of benzene rings is 2. The molecular formula is C18H21F2NO2. The molecule has 0 aliphatic rings. The largest absolute Gasteiger partial charge is 0.434 e. The number of nitrogens with one attached hydrogen (secondary N) is 1. The molecule has 5 heteroatoms. The highest BCUT2D eigenvalue weighted by Gasteiger charge is 2.20. The van der Waals surface area contributed by atoms with Gasteiger partial charge in [-0.15, -0.1) is 0 Å². The number of alkyl halides is 2. The van der Waals surface area contributed by atoms with Crippen molar-refractivity contribution in [2.75, 3.05) is 6.61 Å². The van der Waals surface area contributed by atoms with Crippen molar-refractivity contribution < 1.29 is 18.6 Å². The number of ether oxygens (including phenoxy) is 1. The highest BCUT2D eigenvalue weighted by molar-refractivity contribution is 5.36. The number of aliphatic hydroxyl groups excluding tert-OH is 1. The Labute approximate surface area is 134 Å². The van der Waals surface area contributed by atoms with Crippen molar-refractivity contribution in [3.05, 3.63) is 65.7 Å². The van der Waals surface area contributed by atoms with Crippen LogP contribution in [-0.4, -0.2) is 18.3 Å². The van der Waals surface area contributed by atoms with Crippen LogP contribution in [0, 0.1) is 0 Å². The summed E-state index contributed by atoms with van der Waals surface area (Å²) in [5.41, 5.74) is 1.60. The highest BCUT2D eigenvalue weighted by Crippen LogP contribution is 2.30. The average molecular weight is 321 g/mol. The summed E-state index contributed by atoms with van der Waals surface area (Å²) in [6, 6.07) is 15.8. The van der Waals surface area contributed by atoms with Crippen LogP contribution in [0.5, 0.6) is 5.75 Å². The first-order chi connectivity index (χ1) is 11.2. The number of aliphatic hydroxyl groups is 1. The van der Waals surface area contributed by atoms with Crippen LogP contribution in [0.1, 0.15) is 36.6 Å².